The van der Waals surface area contributed by atoms with Crippen LogP contribution >= 0.6 is 23.4 Å². The lowest BCUT2D eigenvalue weighted by molar-refractivity contribution is -0.122. The van der Waals surface area contributed by atoms with Gasteiger partial charge in [-0.2, -0.15) is 0 Å². The van der Waals surface area contributed by atoms with Crippen molar-refractivity contribution in [2.24, 2.45) is 4.99 Å². The molecule has 5 nitrogen and oxygen atoms in total. The number of carbonyl (C=O) groups is 1. The van der Waals surface area contributed by atoms with Gasteiger partial charge in [-0.05, 0) is 55.4 Å². The van der Waals surface area contributed by atoms with Crippen molar-refractivity contribution in [1.82, 2.24) is 9.88 Å². The van der Waals surface area contributed by atoms with E-state index in [4.69, 9.17) is 16.3 Å². The minimum Gasteiger partial charge on any atom is -0.494 e. The Hall–Kier alpha value is -2.31. The van der Waals surface area contributed by atoms with Crippen LogP contribution in [0.2, 0.25) is 5.02 Å². The third-order valence-electron chi connectivity index (χ3n) is 3.66. The highest BCUT2D eigenvalue weighted by Gasteiger charge is 2.32. The lowest BCUT2D eigenvalue weighted by atomic mass is 10.2. The summed E-state index contributed by atoms with van der Waals surface area (Å²) in [6.45, 7) is 5.02. The topological polar surface area (TPSA) is 54.8 Å². The second-order valence-corrected chi connectivity index (χ2v) is 6.80. The van der Waals surface area contributed by atoms with Crippen molar-refractivity contribution in [3.8, 4) is 5.75 Å². The van der Waals surface area contributed by atoms with Gasteiger partial charge in [-0.3, -0.25) is 14.7 Å². The molecular formula is C19H18ClN3O2S. The summed E-state index contributed by atoms with van der Waals surface area (Å²) < 4.78 is 5.44. The van der Waals surface area contributed by atoms with Gasteiger partial charge in [-0.25, -0.2) is 4.99 Å². The average Bonchev–Trinajstić information content (AvgIpc) is 2.93. The van der Waals surface area contributed by atoms with E-state index >= 15 is 0 Å². The Kier molecular flexibility index (Phi) is 5.96. The first kappa shape index (κ1) is 18.5. The number of rotatable bonds is 5. The van der Waals surface area contributed by atoms with Crippen molar-refractivity contribution in [3.05, 3.63) is 58.2 Å². The fraction of sp³-hybridized carbons (Fsp3) is 0.211. The molecule has 0 N–H and O–H groups in total. The van der Waals surface area contributed by atoms with Gasteiger partial charge in [0.15, 0.2) is 5.17 Å². The lowest BCUT2D eigenvalue weighted by Gasteiger charge is -2.12. The standard InChI is InChI=1S/C19H18ClN3O2S/c1-3-23-18(24)17(11-13-5-7-14(8-6-13)25-4-2)26-19(23)22-16-9-10-21-12-15(16)20/h5-12H,3-4H2,1-2H3/b17-11-,22-19?. The summed E-state index contributed by atoms with van der Waals surface area (Å²) in [7, 11) is 0. The van der Waals surface area contributed by atoms with Crippen LogP contribution in [0.15, 0.2) is 52.6 Å². The molecule has 0 radical (unpaired) electrons. The van der Waals surface area contributed by atoms with Crippen LogP contribution in [0, 0.1) is 0 Å². The molecule has 1 fully saturated rings. The maximum absolute atomic E-state index is 12.7. The lowest BCUT2D eigenvalue weighted by Crippen LogP contribution is -2.28. The minimum absolute atomic E-state index is 0.0599. The molecule has 0 atom stereocenters. The number of pyridine rings is 1. The predicted molar refractivity (Wildman–Crippen MR) is 107 cm³/mol. The first-order valence-corrected chi connectivity index (χ1v) is 9.44. The van der Waals surface area contributed by atoms with E-state index in [9.17, 15) is 4.79 Å². The van der Waals surface area contributed by atoms with Gasteiger partial charge in [0.1, 0.15) is 5.75 Å². The van der Waals surface area contributed by atoms with Crippen LogP contribution in [0.1, 0.15) is 19.4 Å². The molecule has 134 valence electrons. The molecule has 3 rings (SSSR count). The van der Waals surface area contributed by atoms with Crippen molar-refractivity contribution >= 4 is 46.2 Å². The van der Waals surface area contributed by atoms with Gasteiger partial charge in [0, 0.05) is 18.9 Å². The third-order valence-corrected chi connectivity index (χ3v) is 4.96. The molecule has 0 bridgehead atoms. The molecule has 7 heteroatoms. The van der Waals surface area contributed by atoms with Crippen molar-refractivity contribution < 1.29 is 9.53 Å². The zero-order valence-corrected chi connectivity index (χ0v) is 16.0. The number of aliphatic imine (C=N–C) groups is 1. The van der Waals surface area contributed by atoms with E-state index in [2.05, 4.69) is 9.98 Å². The van der Waals surface area contributed by atoms with Gasteiger partial charge in [0.05, 0.1) is 22.2 Å². The van der Waals surface area contributed by atoms with Crippen molar-refractivity contribution in [1.29, 1.82) is 0 Å². The normalized spacial score (nSPS) is 17.3. The number of amidine groups is 1. The highest BCUT2D eigenvalue weighted by molar-refractivity contribution is 8.18. The van der Waals surface area contributed by atoms with E-state index in [1.165, 1.54) is 18.0 Å². The highest BCUT2D eigenvalue weighted by atomic mass is 35.5. The molecule has 2 aromatic rings. The van der Waals surface area contributed by atoms with E-state index < -0.39 is 0 Å². The third kappa shape index (κ3) is 4.08. The van der Waals surface area contributed by atoms with Gasteiger partial charge >= 0.3 is 0 Å². The smallest absolute Gasteiger partial charge is 0.266 e. The Morgan fingerprint density at radius 2 is 2.04 bits per heavy atom. The molecule has 1 saturated heterocycles. The summed E-state index contributed by atoms with van der Waals surface area (Å²) >= 11 is 7.47. The molecular weight excluding hydrogens is 370 g/mol. The van der Waals surface area contributed by atoms with Crippen LogP contribution in [-0.4, -0.2) is 34.1 Å². The molecule has 0 saturated carbocycles. The summed E-state index contributed by atoms with van der Waals surface area (Å²) in [5.74, 6) is 0.750. The zero-order chi connectivity index (χ0) is 18.5. The Morgan fingerprint density at radius 1 is 1.27 bits per heavy atom. The number of hydrogen-bond donors (Lipinski definition) is 0. The second-order valence-electron chi connectivity index (χ2n) is 5.38. The van der Waals surface area contributed by atoms with Crippen LogP contribution in [0.5, 0.6) is 5.75 Å². The van der Waals surface area contributed by atoms with Gasteiger partial charge in [0.2, 0.25) is 0 Å². The predicted octanol–water partition coefficient (Wildman–Crippen LogP) is 4.76. The zero-order valence-electron chi connectivity index (χ0n) is 14.5. The van der Waals surface area contributed by atoms with Crippen molar-refractivity contribution in [2.45, 2.75) is 13.8 Å². The number of thioether (sulfide) groups is 1. The number of aromatic nitrogens is 1. The maximum atomic E-state index is 12.7. The quantitative estimate of drug-likeness (QED) is 0.694. The number of amides is 1. The number of carbonyl (C=O) groups excluding carboxylic acids is 1. The van der Waals surface area contributed by atoms with Crippen molar-refractivity contribution in [2.75, 3.05) is 13.2 Å². The summed E-state index contributed by atoms with van der Waals surface area (Å²) in [4.78, 5) is 23.4. The Morgan fingerprint density at radius 3 is 2.69 bits per heavy atom. The summed E-state index contributed by atoms with van der Waals surface area (Å²) in [5, 5.41) is 1.07. The number of halogens is 1. The number of nitrogens with zero attached hydrogens (tertiary/aromatic N) is 3. The Balaban J connectivity index is 1.88. The molecule has 0 spiro atoms. The molecule has 1 aromatic carbocycles. The summed E-state index contributed by atoms with van der Waals surface area (Å²) in [6.07, 6.45) is 5.02. The fourth-order valence-electron chi connectivity index (χ4n) is 2.41. The molecule has 1 aliphatic rings. The molecule has 0 aliphatic carbocycles. The first-order chi connectivity index (χ1) is 12.6. The van der Waals surface area contributed by atoms with Gasteiger partial charge in [-0.1, -0.05) is 23.7 Å². The van der Waals surface area contributed by atoms with E-state index in [-0.39, 0.29) is 5.91 Å². The van der Waals surface area contributed by atoms with Crippen LogP contribution in [-0.2, 0) is 4.79 Å². The Bertz CT molecular complexity index is 865. The van der Waals surface area contributed by atoms with Crippen LogP contribution in [0.25, 0.3) is 6.08 Å². The molecule has 2 heterocycles. The number of ether oxygens (including phenoxy) is 1. The van der Waals surface area contributed by atoms with E-state index in [0.717, 1.165) is 11.3 Å². The largest absolute Gasteiger partial charge is 0.494 e. The van der Waals surface area contributed by atoms with Crippen LogP contribution in [0.4, 0.5) is 5.69 Å². The van der Waals surface area contributed by atoms with E-state index in [1.54, 1.807) is 17.2 Å². The van der Waals surface area contributed by atoms with Gasteiger partial charge in [-0.15, -0.1) is 0 Å². The average molecular weight is 388 g/mol. The molecule has 0 unspecified atom stereocenters. The molecule has 1 amide bonds. The molecule has 1 aromatic heterocycles. The number of benzene rings is 1. The van der Waals surface area contributed by atoms with E-state index in [0.29, 0.717) is 33.9 Å². The highest BCUT2D eigenvalue weighted by Crippen LogP contribution is 2.35. The summed E-state index contributed by atoms with van der Waals surface area (Å²) in [6, 6.07) is 9.36. The minimum atomic E-state index is -0.0599. The van der Waals surface area contributed by atoms with E-state index in [1.807, 2.05) is 44.2 Å². The maximum Gasteiger partial charge on any atom is 0.266 e. The first-order valence-electron chi connectivity index (χ1n) is 8.24. The van der Waals surface area contributed by atoms with Crippen LogP contribution in [0.3, 0.4) is 0 Å². The number of hydrogen-bond acceptors (Lipinski definition) is 5. The van der Waals surface area contributed by atoms with Crippen LogP contribution < -0.4 is 4.74 Å². The second kappa shape index (κ2) is 8.38. The fourth-order valence-corrected chi connectivity index (χ4v) is 3.63. The Labute approximate surface area is 161 Å². The SMILES string of the molecule is CCOc1ccc(/C=C2\SC(=Nc3ccncc3Cl)N(CC)C2=O)cc1. The van der Waals surface area contributed by atoms with Crippen molar-refractivity contribution in [3.63, 3.8) is 0 Å². The summed E-state index contributed by atoms with van der Waals surface area (Å²) in [5.41, 5.74) is 1.53. The monoisotopic (exact) mass is 387 g/mol. The number of likely N-dealkylation sites (N-methyl/N-ethyl adjacent to an activating group) is 1. The molecule has 1 aliphatic heterocycles. The van der Waals surface area contributed by atoms with Gasteiger partial charge in [0.25, 0.3) is 5.91 Å². The molecule has 26 heavy (non-hydrogen) atoms. The van der Waals surface area contributed by atoms with Gasteiger partial charge < -0.3 is 4.74 Å².